The monoisotopic (exact) mass is 357 g/mol. The topological polar surface area (TPSA) is 79.4 Å². The van der Waals surface area contributed by atoms with E-state index in [1.165, 1.54) is 28.5 Å². The Morgan fingerprint density at radius 3 is 2.83 bits per heavy atom. The van der Waals surface area contributed by atoms with Crippen molar-refractivity contribution in [3.8, 4) is 0 Å². The Balaban J connectivity index is 1.62. The van der Waals surface area contributed by atoms with Crippen LogP contribution in [-0.4, -0.2) is 35.9 Å². The average molecular weight is 358 g/mol. The normalized spacial score (nSPS) is 19.7. The first kappa shape index (κ1) is 16.9. The van der Waals surface area contributed by atoms with Gasteiger partial charge in [0.05, 0.1) is 11.4 Å². The fraction of sp³-hybridized carbons (Fsp3) is 0.733. The van der Waals surface area contributed by atoms with Gasteiger partial charge in [0.25, 0.3) is 0 Å². The molecule has 0 unspecified atom stereocenters. The van der Waals surface area contributed by atoms with Gasteiger partial charge in [-0.15, -0.1) is 11.3 Å². The van der Waals surface area contributed by atoms with E-state index >= 15 is 0 Å². The third kappa shape index (κ3) is 3.92. The minimum Gasteiger partial charge on any atom is -0.302 e. The Kier molecular flexibility index (Phi) is 5.03. The van der Waals surface area contributed by atoms with E-state index in [2.05, 4.69) is 10.3 Å². The lowest BCUT2D eigenvalue weighted by molar-refractivity contribution is -0.117. The van der Waals surface area contributed by atoms with E-state index in [1.54, 1.807) is 6.92 Å². The molecular formula is C15H23N3O3S2. The maximum atomic E-state index is 12.1. The summed E-state index contributed by atoms with van der Waals surface area (Å²) >= 11 is 1.40. The summed E-state index contributed by atoms with van der Waals surface area (Å²) in [5.41, 5.74) is 0.925. The van der Waals surface area contributed by atoms with Gasteiger partial charge >= 0.3 is 0 Å². The van der Waals surface area contributed by atoms with Crippen molar-refractivity contribution < 1.29 is 13.2 Å². The first-order chi connectivity index (χ1) is 11.0. The number of carbonyl (C=O) groups is 1. The summed E-state index contributed by atoms with van der Waals surface area (Å²) in [5.74, 6) is 0.655. The number of nitrogens with zero attached hydrogens (tertiary/aromatic N) is 2. The molecule has 1 amide bonds. The molecule has 0 aromatic carbocycles. The lowest BCUT2D eigenvalue weighted by Gasteiger charge is -2.24. The molecule has 1 aromatic heterocycles. The summed E-state index contributed by atoms with van der Waals surface area (Å²) in [7, 11) is -3.17. The largest absolute Gasteiger partial charge is 0.302 e. The number of carbonyl (C=O) groups excluding carboxylic acids is 1. The Labute approximate surface area is 141 Å². The van der Waals surface area contributed by atoms with Gasteiger partial charge in [0, 0.05) is 30.8 Å². The Bertz CT molecular complexity index is 678. The van der Waals surface area contributed by atoms with Gasteiger partial charge in [0.15, 0.2) is 5.13 Å². The first-order valence-electron chi connectivity index (χ1n) is 8.24. The fourth-order valence-electron chi connectivity index (χ4n) is 3.29. The molecule has 6 nitrogen and oxygen atoms in total. The number of fused-ring (bicyclic) bond motifs is 1. The number of nitrogens with one attached hydrogen (secondary N) is 1. The quantitative estimate of drug-likeness (QED) is 0.877. The van der Waals surface area contributed by atoms with E-state index in [0.717, 1.165) is 23.4 Å². The predicted octanol–water partition coefficient (Wildman–Crippen LogP) is 2.37. The molecule has 0 radical (unpaired) electrons. The van der Waals surface area contributed by atoms with Gasteiger partial charge in [0.2, 0.25) is 15.9 Å². The van der Waals surface area contributed by atoms with Crippen molar-refractivity contribution in [3.63, 3.8) is 0 Å². The van der Waals surface area contributed by atoms with Crippen molar-refractivity contribution >= 4 is 32.4 Å². The van der Waals surface area contributed by atoms with E-state index in [9.17, 15) is 13.2 Å². The number of aromatic nitrogens is 1. The Hall–Kier alpha value is -0.990. The number of thiazole rings is 1. The minimum atomic E-state index is -3.17. The van der Waals surface area contributed by atoms with Crippen LogP contribution in [0.25, 0.3) is 0 Å². The van der Waals surface area contributed by atoms with Crippen LogP contribution in [0.1, 0.15) is 49.6 Å². The molecule has 0 bridgehead atoms. The lowest BCUT2D eigenvalue weighted by Crippen LogP contribution is -2.36. The molecule has 0 spiro atoms. The lowest BCUT2D eigenvalue weighted by atomic mass is 10.0. The highest BCUT2D eigenvalue weighted by Crippen LogP contribution is 2.31. The third-order valence-electron chi connectivity index (χ3n) is 4.65. The Morgan fingerprint density at radius 1 is 1.39 bits per heavy atom. The third-order valence-corrected chi connectivity index (χ3v) is 7.48. The second kappa shape index (κ2) is 6.86. The van der Waals surface area contributed by atoms with Crippen LogP contribution in [0.5, 0.6) is 0 Å². The summed E-state index contributed by atoms with van der Waals surface area (Å²) in [6, 6.07) is 0. The molecular weight excluding hydrogens is 334 g/mol. The highest BCUT2D eigenvalue weighted by atomic mass is 32.2. The number of hydrogen-bond donors (Lipinski definition) is 1. The second-order valence-corrected chi connectivity index (χ2v) is 9.62. The number of anilines is 1. The summed E-state index contributed by atoms with van der Waals surface area (Å²) in [4.78, 5) is 17.5. The van der Waals surface area contributed by atoms with Crippen LogP contribution >= 0.6 is 11.3 Å². The molecule has 1 aliphatic carbocycles. The fourth-order valence-corrected chi connectivity index (χ4v) is 5.47. The van der Waals surface area contributed by atoms with E-state index < -0.39 is 10.0 Å². The summed E-state index contributed by atoms with van der Waals surface area (Å²) in [5, 5.41) is 3.50. The number of amides is 1. The zero-order chi connectivity index (χ0) is 16.4. The van der Waals surface area contributed by atoms with Crippen LogP contribution in [0.3, 0.4) is 0 Å². The average Bonchev–Trinajstić information content (AvgIpc) is 3.14. The van der Waals surface area contributed by atoms with Gasteiger partial charge in [-0.2, -0.15) is 4.31 Å². The van der Waals surface area contributed by atoms with E-state index in [-0.39, 0.29) is 11.7 Å². The molecule has 1 saturated carbocycles. The van der Waals surface area contributed by atoms with E-state index in [1.807, 2.05) is 0 Å². The molecule has 8 heteroatoms. The molecule has 1 N–H and O–H groups in total. The summed E-state index contributed by atoms with van der Waals surface area (Å²) in [6.45, 7) is 2.51. The van der Waals surface area contributed by atoms with Crippen LogP contribution in [0.2, 0.25) is 0 Å². The molecule has 0 atom stereocenters. The zero-order valence-electron chi connectivity index (χ0n) is 13.4. The highest BCUT2D eigenvalue weighted by Gasteiger charge is 2.28. The molecule has 2 heterocycles. The van der Waals surface area contributed by atoms with Crippen molar-refractivity contribution in [2.75, 3.05) is 17.6 Å². The van der Waals surface area contributed by atoms with Gasteiger partial charge in [0.1, 0.15) is 0 Å². The molecule has 1 aromatic rings. The molecule has 1 fully saturated rings. The maximum Gasteiger partial charge on any atom is 0.226 e. The van der Waals surface area contributed by atoms with Crippen molar-refractivity contribution in [2.45, 2.75) is 52.0 Å². The number of sulfonamides is 1. The summed E-state index contributed by atoms with van der Waals surface area (Å²) < 4.78 is 25.5. The highest BCUT2D eigenvalue weighted by molar-refractivity contribution is 7.89. The minimum absolute atomic E-state index is 0.0287. The van der Waals surface area contributed by atoms with E-state index in [4.69, 9.17) is 0 Å². The number of hydrogen-bond acceptors (Lipinski definition) is 5. The van der Waals surface area contributed by atoms with Crippen molar-refractivity contribution in [2.24, 2.45) is 5.92 Å². The Morgan fingerprint density at radius 2 is 2.13 bits per heavy atom. The molecule has 1 aliphatic heterocycles. The smallest absolute Gasteiger partial charge is 0.226 e. The van der Waals surface area contributed by atoms with Crippen LogP contribution < -0.4 is 5.32 Å². The SMILES string of the molecule is CCS(=O)(=O)N1CCc2nc(NC(=O)CC3CCCC3)sc2C1. The van der Waals surface area contributed by atoms with Gasteiger partial charge < -0.3 is 5.32 Å². The van der Waals surface area contributed by atoms with Crippen LogP contribution in [0.4, 0.5) is 5.13 Å². The van der Waals surface area contributed by atoms with Crippen molar-refractivity contribution in [1.82, 2.24) is 9.29 Å². The van der Waals surface area contributed by atoms with Crippen molar-refractivity contribution in [3.05, 3.63) is 10.6 Å². The van der Waals surface area contributed by atoms with E-state index in [0.29, 0.717) is 37.0 Å². The second-order valence-electron chi connectivity index (χ2n) is 6.28. The van der Waals surface area contributed by atoms with Gasteiger partial charge in [-0.3, -0.25) is 4.79 Å². The molecule has 128 valence electrons. The first-order valence-corrected chi connectivity index (χ1v) is 10.7. The maximum absolute atomic E-state index is 12.1. The van der Waals surface area contributed by atoms with Gasteiger partial charge in [-0.25, -0.2) is 13.4 Å². The predicted molar refractivity (Wildman–Crippen MR) is 90.9 cm³/mol. The van der Waals surface area contributed by atoms with Crippen molar-refractivity contribution in [1.29, 1.82) is 0 Å². The standard InChI is InChI=1S/C15H23N3O3S2/c1-2-23(20,21)18-8-7-12-13(10-18)22-15(16-12)17-14(19)9-11-5-3-4-6-11/h11H,2-10H2,1H3,(H,16,17,19). The summed E-state index contributed by atoms with van der Waals surface area (Å²) in [6.07, 6.45) is 5.93. The van der Waals surface area contributed by atoms with Crippen LogP contribution in [-0.2, 0) is 27.8 Å². The van der Waals surface area contributed by atoms with Crippen LogP contribution in [0, 0.1) is 5.92 Å². The van der Waals surface area contributed by atoms with Gasteiger partial charge in [-0.05, 0) is 25.7 Å². The molecule has 23 heavy (non-hydrogen) atoms. The molecule has 3 rings (SSSR count). The zero-order valence-corrected chi connectivity index (χ0v) is 15.0. The molecule has 2 aliphatic rings. The van der Waals surface area contributed by atoms with Crippen LogP contribution in [0.15, 0.2) is 0 Å². The number of rotatable bonds is 5. The van der Waals surface area contributed by atoms with Gasteiger partial charge in [-0.1, -0.05) is 12.8 Å². The molecule has 0 saturated heterocycles.